The second kappa shape index (κ2) is 7.37. The molecule has 0 atom stereocenters. The Morgan fingerprint density at radius 1 is 1.23 bits per heavy atom. The van der Waals surface area contributed by atoms with Crippen molar-refractivity contribution >= 4 is 27.3 Å². The number of hydrogen-bond acceptors (Lipinski definition) is 4. The van der Waals surface area contributed by atoms with Gasteiger partial charge in [0.2, 0.25) is 5.91 Å². The Labute approximate surface area is 153 Å². The summed E-state index contributed by atoms with van der Waals surface area (Å²) in [7, 11) is -3.83. The second-order valence-electron chi connectivity index (χ2n) is 6.09. The third-order valence-electron chi connectivity index (χ3n) is 4.20. The molecule has 0 aromatic heterocycles. The summed E-state index contributed by atoms with van der Waals surface area (Å²) in [5.74, 6) is 0.0190. The van der Waals surface area contributed by atoms with Crippen molar-refractivity contribution in [2.24, 2.45) is 0 Å². The Morgan fingerprint density at radius 3 is 2.73 bits per heavy atom. The second-order valence-corrected chi connectivity index (χ2v) is 7.92. The van der Waals surface area contributed by atoms with Gasteiger partial charge in [0.1, 0.15) is 10.6 Å². The molecule has 0 bridgehead atoms. The predicted octanol–water partition coefficient (Wildman–Crippen LogP) is 3.19. The molecule has 26 heavy (non-hydrogen) atoms. The predicted molar refractivity (Wildman–Crippen MR) is 101 cm³/mol. The van der Waals surface area contributed by atoms with Crippen molar-refractivity contribution in [1.82, 2.24) is 0 Å². The maximum atomic E-state index is 13.4. The number of nitrogens with zero attached hydrogens (tertiary/aromatic N) is 1. The SMILES string of the molecule is CCOc1ccc(NC(C)=O)cc1S(=O)(=O)N1CCCc2ccccc21. The highest BCUT2D eigenvalue weighted by atomic mass is 32.2. The summed E-state index contributed by atoms with van der Waals surface area (Å²) in [6.07, 6.45) is 1.61. The molecule has 1 N–H and O–H groups in total. The number of carbonyl (C=O) groups excluding carboxylic acids is 1. The van der Waals surface area contributed by atoms with E-state index in [1.165, 1.54) is 17.3 Å². The van der Waals surface area contributed by atoms with E-state index in [9.17, 15) is 13.2 Å². The van der Waals surface area contributed by atoms with E-state index in [0.29, 0.717) is 24.5 Å². The number of amides is 1. The standard InChI is InChI=1S/C19H22N2O4S/c1-3-25-18-11-10-16(20-14(2)22)13-19(18)26(23,24)21-12-6-8-15-7-4-5-9-17(15)21/h4-5,7,9-11,13H,3,6,8,12H2,1-2H3,(H,20,22). The Morgan fingerprint density at radius 2 is 2.00 bits per heavy atom. The molecule has 138 valence electrons. The molecule has 0 saturated carbocycles. The van der Waals surface area contributed by atoms with Crippen molar-refractivity contribution in [2.45, 2.75) is 31.6 Å². The highest BCUT2D eigenvalue weighted by molar-refractivity contribution is 7.93. The van der Waals surface area contributed by atoms with Gasteiger partial charge in [-0.2, -0.15) is 0 Å². The maximum absolute atomic E-state index is 13.4. The van der Waals surface area contributed by atoms with Gasteiger partial charge >= 0.3 is 0 Å². The molecule has 1 heterocycles. The number of hydrogen-bond donors (Lipinski definition) is 1. The van der Waals surface area contributed by atoms with Gasteiger partial charge in [-0.15, -0.1) is 0 Å². The van der Waals surface area contributed by atoms with Crippen LogP contribution in [0.1, 0.15) is 25.8 Å². The van der Waals surface area contributed by atoms with Crippen molar-refractivity contribution < 1.29 is 17.9 Å². The number of para-hydroxylation sites is 1. The summed E-state index contributed by atoms with van der Waals surface area (Å²) in [4.78, 5) is 11.4. The molecule has 2 aromatic rings. The van der Waals surface area contributed by atoms with Crippen molar-refractivity contribution in [3.05, 3.63) is 48.0 Å². The maximum Gasteiger partial charge on any atom is 0.268 e. The summed E-state index contributed by atoms with van der Waals surface area (Å²) in [6.45, 7) is 3.94. The first kappa shape index (κ1) is 18.3. The summed E-state index contributed by atoms with van der Waals surface area (Å²) in [5, 5.41) is 2.63. The van der Waals surface area contributed by atoms with Crippen molar-refractivity contribution in [1.29, 1.82) is 0 Å². The van der Waals surface area contributed by atoms with Crippen LogP contribution in [0.15, 0.2) is 47.4 Å². The van der Waals surface area contributed by atoms with E-state index >= 15 is 0 Å². The molecule has 0 radical (unpaired) electrons. The van der Waals surface area contributed by atoms with Crippen LogP contribution in [-0.2, 0) is 21.2 Å². The van der Waals surface area contributed by atoms with E-state index in [1.807, 2.05) is 24.3 Å². The van der Waals surface area contributed by atoms with Crippen molar-refractivity contribution in [3.63, 3.8) is 0 Å². The zero-order valence-corrected chi connectivity index (χ0v) is 15.7. The molecule has 2 aromatic carbocycles. The zero-order valence-electron chi connectivity index (χ0n) is 14.9. The molecule has 3 rings (SSSR count). The third-order valence-corrected chi connectivity index (χ3v) is 6.03. The molecule has 1 aliphatic rings. The molecule has 0 aliphatic carbocycles. The summed E-state index contributed by atoms with van der Waals surface area (Å²) < 4.78 is 33.8. The molecular formula is C19H22N2O4S. The van der Waals surface area contributed by atoms with E-state index in [2.05, 4.69) is 5.32 Å². The minimum Gasteiger partial charge on any atom is -0.492 e. The lowest BCUT2D eigenvalue weighted by Gasteiger charge is -2.31. The van der Waals surface area contributed by atoms with Gasteiger partial charge in [-0.25, -0.2) is 8.42 Å². The first-order valence-corrected chi connectivity index (χ1v) is 10.0. The van der Waals surface area contributed by atoms with E-state index in [-0.39, 0.29) is 16.6 Å². The zero-order chi connectivity index (χ0) is 18.7. The number of rotatable bonds is 5. The minimum atomic E-state index is -3.83. The summed E-state index contributed by atoms with van der Waals surface area (Å²) in [5.41, 5.74) is 2.13. The number of ether oxygens (including phenoxy) is 1. The van der Waals surface area contributed by atoms with Crippen LogP contribution in [0, 0.1) is 0 Å². The number of benzene rings is 2. The van der Waals surface area contributed by atoms with Crippen molar-refractivity contribution in [2.75, 3.05) is 22.8 Å². The van der Waals surface area contributed by atoms with Gasteiger partial charge in [-0.05, 0) is 49.6 Å². The van der Waals surface area contributed by atoms with Gasteiger partial charge in [-0.3, -0.25) is 9.10 Å². The highest BCUT2D eigenvalue weighted by Gasteiger charge is 2.31. The number of sulfonamides is 1. The Kier molecular flexibility index (Phi) is 5.18. The van der Waals surface area contributed by atoms with E-state index in [0.717, 1.165) is 18.4 Å². The molecule has 6 nitrogen and oxygen atoms in total. The Balaban J connectivity index is 2.10. The lowest BCUT2D eigenvalue weighted by atomic mass is 10.0. The van der Waals surface area contributed by atoms with Gasteiger partial charge < -0.3 is 10.1 Å². The Bertz CT molecular complexity index is 925. The lowest BCUT2D eigenvalue weighted by molar-refractivity contribution is -0.114. The van der Waals surface area contributed by atoms with Crippen LogP contribution in [0.5, 0.6) is 5.75 Å². The number of nitrogens with one attached hydrogen (secondary N) is 1. The first-order chi connectivity index (χ1) is 12.4. The van der Waals surface area contributed by atoms with Crippen LogP contribution in [0.3, 0.4) is 0 Å². The van der Waals surface area contributed by atoms with Crippen LogP contribution in [0.25, 0.3) is 0 Å². The van der Waals surface area contributed by atoms with Gasteiger partial charge in [0.05, 0.1) is 12.3 Å². The molecule has 0 spiro atoms. The lowest BCUT2D eigenvalue weighted by Crippen LogP contribution is -2.35. The number of anilines is 2. The van der Waals surface area contributed by atoms with E-state index in [4.69, 9.17) is 4.74 Å². The highest BCUT2D eigenvalue weighted by Crippen LogP contribution is 2.36. The summed E-state index contributed by atoms with van der Waals surface area (Å²) in [6, 6.07) is 12.2. The van der Waals surface area contributed by atoms with Crippen LogP contribution in [0.2, 0.25) is 0 Å². The molecule has 0 fully saturated rings. The monoisotopic (exact) mass is 374 g/mol. The van der Waals surface area contributed by atoms with Crippen LogP contribution >= 0.6 is 0 Å². The van der Waals surface area contributed by atoms with E-state index < -0.39 is 10.0 Å². The van der Waals surface area contributed by atoms with Gasteiger partial charge in [-0.1, -0.05) is 18.2 Å². The third kappa shape index (κ3) is 3.53. The average Bonchev–Trinajstić information content (AvgIpc) is 2.62. The van der Waals surface area contributed by atoms with Gasteiger partial charge in [0, 0.05) is 19.2 Å². The minimum absolute atomic E-state index is 0.0577. The van der Waals surface area contributed by atoms with Gasteiger partial charge in [0.15, 0.2) is 0 Å². The first-order valence-electron chi connectivity index (χ1n) is 8.58. The fourth-order valence-electron chi connectivity index (χ4n) is 3.13. The fourth-order valence-corrected chi connectivity index (χ4v) is 4.83. The molecular weight excluding hydrogens is 352 g/mol. The van der Waals surface area contributed by atoms with E-state index in [1.54, 1.807) is 19.1 Å². The van der Waals surface area contributed by atoms with Crippen LogP contribution < -0.4 is 14.4 Å². The normalized spacial score (nSPS) is 13.8. The average molecular weight is 374 g/mol. The molecule has 7 heteroatoms. The smallest absolute Gasteiger partial charge is 0.268 e. The molecule has 1 amide bonds. The number of fused-ring (bicyclic) bond motifs is 1. The number of carbonyl (C=O) groups is 1. The quantitative estimate of drug-likeness (QED) is 0.872. The Hall–Kier alpha value is -2.54. The topological polar surface area (TPSA) is 75.7 Å². The van der Waals surface area contributed by atoms with Crippen LogP contribution in [0.4, 0.5) is 11.4 Å². The fraction of sp³-hybridized carbons (Fsp3) is 0.316. The van der Waals surface area contributed by atoms with Crippen LogP contribution in [-0.4, -0.2) is 27.5 Å². The summed E-state index contributed by atoms with van der Waals surface area (Å²) >= 11 is 0. The molecule has 0 saturated heterocycles. The van der Waals surface area contributed by atoms with Gasteiger partial charge in [0.25, 0.3) is 10.0 Å². The van der Waals surface area contributed by atoms with Crippen molar-refractivity contribution in [3.8, 4) is 5.75 Å². The largest absolute Gasteiger partial charge is 0.492 e. The number of aryl methyl sites for hydroxylation is 1. The molecule has 0 unspecified atom stereocenters. The molecule has 1 aliphatic heterocycles.